The zero-order valence-corrected chi connectivity index (χ0v) is 11.9. The molecule has 0 spiro atoms. The molecular weight excluding hydrogens is 282 g/mol. The van der Waals surface area contributed by atoms with E-state index in [0.717, 1.165) is 12.8 Å². The Morgan fingerprint density at radius 1 is 1.50 bits per heavy atom. The van der Waals surface area contributed by atoms with Crippen LogP contribution in [0.15, 0.2) is 23.1 Å². The molecule has 1 saturated carbocycles. The maximum absolute atomic E-state index is 12.2. The lowest BCUT2D eigenvalue weighted by molar-refractivity contribution is -0.385. The fraction of sp³-hybridized carbons (Fsp3) is 0.500. The number of nitrogens with one attached hydrogen (secondary N) is 1. The molecular formula is C12H17N3O4S. The molecule has 0 radical (unpaired) electrons. The second-order valence-electron chi connectivity index (χ2n) is 5.01. The molecule has 0 heterocycles. The molecule has 110 valence electrons. The van der Waals surface area contributed by atoms with Crippen molar-refractivity contribution in [2.24, 2.45) is 11.7 Å². The number of rotatable bonds is 6. The summed E-state index contributed by atoms with van der Waals surface area (Å²) in [6.45, 7) is 1.57. The average Bonchev–Trinajstić information content (AvgIpc) is 3.20. The van der Waals surface area contributed by atoms with Gasteiger partial charge in [-0.3, -0.25) is 10.1 Å². The first-order valence-corrected chi connectivity index (χ1v) is 7.80. The van der Waals surface area contributed by atoms with Gasteiger partial charge in [0.05, 0.1) is 9.82 Å². The lowest BCUT2D eigenvalue weighted by atomic mass is 10.2. The van der Waals surface area contributed by atoms with Gasteiger partial charge in [0.15, 0.2) is 0 Å². The molecule has 20 heavy (non-hydrogen) atoms. The maximum atomic E-state index is 12.2. The Morgan fingerprint density at radius 3 is 2.70 bits per heavy atom. The molecule has 1 aromatic carbocycles. The van der Waals surface area contributed by atoms with Crippen molar-refractivity contribution in [2.45, 2.75) is 30.7 Å². The summed E-state index contributed by atoms with van der Waals surface area (Å²) >= 11 is 0. The highest BCUT2D eigenvalue weighted by Gasteiger charge is 2.30. The van der Waals surface area contributed by atoms with Crippen LogP contribution in [0.4, 0.5) is 5.69 Å². The minimum atomic E-state index is -3.78. The van der Waals surface area contributed by atoms with Gasteiger partial charge in [0.1, 0.15) is 0 Å². The largest absolute Gasteiger partial charge is 0.326 e. The standard InChI is InChI=1S/C12H17N3O4S/c1-8-11(15(16)17)3-2-4-12(8)20(18,19)14-7-10(13)9-5-6-9/h2-4,9-10,14H,5-7,13H2,1H3. The number of nitrogens with two attached hydrogens (primary N) is 1. The molecule has 1 aliphatic carbocycles. The SMILES string of the molecule is Cc1c([N+](=O)[O-])cccc1S(=O)(=O)NCC(N)C1CC1. The number of hydrogen-bond donors (Lipinski definition) is 2. The molecule has 0 bridgehead atoms. The Balaban J connectivity index is 2.20. The van der Waals surface area contributed by atoms with E-state index in [4.69, 9.17) is 5.73 Å². The molecule has 3 N–H and O–H groups in total. The summed E-state index contributed by atoms with van der Waals surface area (Å²) in [6, 6.07) is 3.79. The maximum Gasteiger partial charge on any atom is 0.273 e. The molecule has 2 rings (SSSR count). The molecule has 1 atom stereocenters. The zero-order chi connectivity index (χ0) is 14.9. The first-order chi connectivity index (χ1) is 9.33. The highest BCUT2D eigenvalue weighted by atomic mass is 32.2. The van der Waals surface area contributed by atoms with Gasteiger partial charge in [0.25, 0.3) is 5.69 Å². The van der Waals surface area contributed by atoms with Crippen LogP contribution in [0.3, 0.4) is 0 Å². The van der Waals surface area contributed by atoms with Crippen LogP contribution in [0.2, 0.25) is 0 Å². The van der Waals surface area contributed by atoms with Gasteiger partial charge in [-0.05, 0) is 31.7 Å². The van der Waals surface area contributed by atoms with Crippen molar-refractivity contribution < 1.29 is 13.3 Å². The van der Waals surface area contributed by atoms with Crippen molar-refractivity contribution in [1.29, 1.82) is 0 Å². The topological polar surface area (TPSA) is 115 Å². The van der Waals surface area contributed by atoms with Crippen LogP contribution < -0.4 is 10.5 Å². The summed E-state index contributed by atoms with van der Waals surface area (Å²) in [6.07, 6.45) is 2.05. The molecule has 1 unspecified atom stereocenters. The van der Waals surface area contributed by atoms with Crippen molar-refractivity contribution >= 4 is 15.7 Å². The van der Waals surface area contributed by atoms with Crippen molar-refractivity contribution in [3.05, 3.63) is 33.9 Å². The summed E-state index contributed by atoms with van der Waals surface area (Å²) in [7, 11) is -3.78. The first-order valence-electron chi connectivity index (χ1n) is 6.32. The Labute approximate surface area is 117 Å². The van der Waals surface area contributed by atoms with Crippen molar-refractivity contribution in [2.75, 3.05) is 6.54 Å². The quantitative estimate of drug-likeness (QED) is 0.598. The molecule has 0 aliphatic heterocycles. The van der Waals surface area contributed by atoms with Gasteiger partial charge < -0.3 is 5.73 Å². The lowest BCUT2D eigenvalue weighted by Gasteiger charge is -2.13. The van der Waals surface area contributed by atoms with E-state index >= 15 is 0 Å². The molecule has 8 heteroatoms. The summed E-state index contributed by atoms with van der Waals surface area (Å²) in [5.74, 6) is 0.379. The van der Waals surface area contributed by atoms with Crippen LogP contribution in [0.1, 0.15) is 18.4 Å². The predicted molar refractivity (Wildman–Crippen MR) is 73.7 cm³/mol. The van der Waals surface area contributed by atoms with Crippen LogP contribution in [0, 0.1) is 23.0 Å². The smallest absolute Gasteiger partial charge is 0.273 e. The van der Waals surface area contributed by atoms with Crippen LogP contribution in [0.5, 0.6) is 0 Å². The Kier molecular flexibility index (Phi) is 4.07. The van der Waals surface area contributed by atoms with E-state index in [9.17, 15) is 18.5 Å². The number of benzene rings is 1. The van der Waals surface area contributed by atoms with E-state index < -0.39 is 14.9 Å². The van der Waals surface area contributed by atoms with Crippen molar-refractivity contribution in [3.8, 4) is 0 Å². The van der Waals surface area contributed by atoms with E-state index in [2.05, 4.69) is 4.72 Å². The van der Waals surface area contributed by atoms with Gasteiger partial charge >= 0.3 is 0 Å². The van der Waals surface area contributed by atoms with Gasteiger partial charge in [-0.2, -0.15) is 0 Å². The van der Waals surface area contributed by atoms with E-state index in [0.29, 0.717) is 5.92 Å². The highest BCUT2D eigenvalue weighted by Crippen LogP contribution is 2.31. The number of hydrogen-bond acceptors (Lipinski definition) is 5. The summed E-state index contributed by atoms with van der Waals surface area (Å²) in [4.78, 5) is 10.2. The third kappa shape index (κ3) is 3.14. The van der Waals surface area contributed by atoms with Crippen LogP contribution in [-0.2, 0) is 10.0 Å². The lowest BCUT2D eigenvalue weighted by Crippen LogP contribution is -2.38. The summed E-state index contributed by atoms with van der Waals surface area (Å²) in [5, 5.41) is 10.8. The number of nitrogens with zero attached hydrogens (tertiary/aromatic N) is 1. The molecule has 1 fully saturated rings. The second-order valence-corrected chi connectivity index (χ2v) is 6.75. The Morgan fingerprint density at radius 2 is 2.15 bits per heavy atom. The van der Waals surface area contributed by atoms with Crippen molar-refractivity contribution in [1.82, 2.24) is 4.72 Å². The van der Waals surface area contributed by atoms with Gasteiger partial charge in [-0.1, -0.05) is 6.07 Å². The first kappa shape index (κ1) is 14.9. The van der Waals surface area contributed by atoms with E-state index in [1.54, 1.807) is 0 Å². The molecule has 0 saturated heterocycles. The number of sulfonamides is 1. The predicted octanol–water partition coefficient (Wildman–Crippen LogP) is 0.919. The minimum Gasteiger partial charge on any atom is -0.326 e. The highest BCUT2D eigenvalue weighted by molar-refractivity contribution is 7.89. The fourth-order valence-corrected chi connectivity index (χ4v) is 3.40. The van der Waals surface area contributed by atoms with Gasteiger partial charge in [0.2, 0.25) is 10.0 Å². The van der Waals surface area contributed by atoms with Gasteiger partial charge in [0, 0.05) is 24.2 Å². The molecule has 1 aromatic rings. The van der Waals surface area contributed by atoms with Crippen LogP contribution in [0.25, 0.3) is 0 Å². The minimum absolute atomic E-state index is 0.0744. The fourth-order valence-electron chi connectivity index (χ4n) is 2.07. The van der Waals surface area contributed by atoms with E-state index in [-0.39, 0.29) is 28.7 Å². The number of nitro benzene ring substituents is 1. The van der Waals surface area contributed by atoms with E-state index in [1.165, 1.54) is 25.1 Å². The van der Waals surface area contributed by atoms with Gasteiger partial charge in [-0.15, -0.1) is 0 Å². The van der Waals surface area contributed by atoms with Crippen molar-refractivity contribution in [3.63, 3.8) is 0 Å². The third-order valence-corrected chi connectivity index (χ3v) is 5.05. The Hall–Kier alpha value is -1.51. The van der Waals surface area contributed by atoms with Crippen LogP contribution >= 0.6 is 0 Å². The monoisotopic (exact) mass is 299 g/mol. The number of nitro groups is 1. The third-order valence-electron chi connectivity index (χ3n) is 3.48. The molecule has 7 nitrogen and oxygen atoms in total. The van der Waals surface area contributed by atoms with E-state index in [1.807, 2.05) is 0 Å². The molecule has 0 aromatic heterocycles. The second kappa shape index (κ2) is 5.47. The normalized spacial score (nSPS) is 16.9. The Bertz CT molecular complexity index is 626. The summed E-state index contributed by atoms with van der Waals surface area (Å²) in [5.41, 5.74) is 5.77. The van der Waals surface area contributed by atoms with Gasteiger partial charge in [-0.25, -0.2) is 13.1 Å². The zero-order valence-electron chi connectivity index (χ0n) is 11.1. The molecule has 0 amide bonds. The molecule has 1 aliphatic rings. The average molecular weight is 299 g/mol. The summed E-state index contributed by atoms with van der Waals surface area (Å²) < 4.78 is 26.8. The van der Waals surface area contributed by atoms with Crippen LogP contribution in [-0.4, -0.2) is 25.9 Å².